The molecule has 0 spiro atoms. The normalized spacial score (nSPS) is 10.8. The lowest BCUT2D eigenvalue weighted by Gasteiger charge is -2.15. The number of benzene rings is 3. The summed E-state index contributed by atoms with van der Waals surface area (Å²) in [6, 6.07) is 15.4. The molecule has 4 rings (SSSR count). The van der Waals surface area contributed by atoms with E-state index in [0.29, 0.717) is 28.3 Å². The van der Waals surface area contributed by atoms with E-state index in [0.717, 1.165) is 29.1 Å². The third kappa shape index (κ3) is 5.30. The molecule has 0 unspecified atom stereocenters. The van der Waals surface area contributed by atoms with Gasteiger partial charge in [0.1, 0.15) is 18.2 Å². The maximum Gasteiger partial charge on any atom is 0.256 e. The highest BCUT2D eigenvalue weighted by Crippen LogP contribution is 2.30. The summed E-state index contributed by atoms with van der Waals surface area (Å²) in [4.78, 5) is 26.2. The van der Waals surface area contributed by atoms with Crippen LogP contribution >= 0.6 is 0 Å². The van der Waals surface area contributed by atoms with Crippen LogP contribution in [0.2, 0.25) is 0 Å². The van der Waals surface area contributed by atoms with Crippen molar-refractivity contribution in [3.05, 3.63) is 93.8 Å². The van der Waals surface area contributed by atoms with E-state index in [1.165, 1.54) is 11.7 Å². The Morgan fingerprint density at radius 1 is 0.944 bits per heavy atom. The molecule has 0 saturated carbocycles. The van der Waals surface area contributed by atoms with E-state index in [1.54, 1.807) is 37.4 Å². The van der Waals surface area contributed by atoms with E-state index in [2.05, 4.69) is 10.6 Å². The summed E-state index contributed by atoms with van der Waals surface area (Å²) in [5.74, 6) is -1.00. The number of fused-ring (bicyclic) bond motifs is 1. The number of carbonyl (C=O) groups is 1. The van der Waals surface area contributed by atoms with Crippen molar-refractivity contribution in [2.45, 2.75) is 20.0 Å². The van der Waals surface area contributed by atoms with Crippen LogP contribution in [0.15, 0.2) is 65.5 Å². The number of halogens is 2. The Bertz CT molecular complexity index is 1500. The monoisotopic (exact) mass is 493 g/mol. The van der Waals surface area contributed by atoms with Gasteiger partial charge in [0.05, 0.1) is 25.4 Å². The standard InChI is InChI=1S/C27H25F2N3O4/c1-16-4-5-17-11-18(14-30-20-7-9-24(35-2)25(13-20)36-3)27(34)32(23(17)10-16)15-26(33)31-22-12-19(28)6-8-21(22)29/h4-13,30H,14-15H2,1-3H3,(H,31,33). The summed E-state index contributed by atoms with van der Waals surface area (Å²) >= 11 is 0. The second-order valence-corrected chi connectivity index (χ2v) is 8.22. The van der Waals surface area contributed by atoms with E-state index < -0.39 is 17.5 Å². The molecule has 3 aromatic carbocycles. The first-order valence-corrected chi connectivity index (χ1v) is 11.1. The molecule has 1 heterocycles. The highest BCUT2D eigenvalue weighted by molar-refractivity contribution is 5.92. The van der Waals surface area contributed by atoms with Crippen LogP contribution in [0.1, 0.15) is 11.1 Å². The van der Waals surface area contributed by atoms with Crippen LogP contribution in [0.5, 0.6) is 11.5 Å². The molecule has 186 valence electrons. The third-order valence-corrected chi connectivity index (χ3v) is 5.70. The van der Waals surface area contributed by atoms with Gasteiger partial charge in [0.15, 0.2) is 11.5 Å². The molecule has 0 bridgehead atoms. The molecular formula is C27H25F2N3O4. The van der Waals surface area contributed by atoms with Crippen LogP contribution in [0.4, 0.5) is 20.2 Å². The molecule has 1 aromatic heterocycles. The Labute approximate surface area is 206 Å². The Morgan fingerprint density at radius 2 is 1.72 bits per heavy atom. The molecule has 7 nitrogen and oxygen atoms in total. The van der Waals surface area contributed by atoms with Crippen molar-refractivity contribution in [3.63, 3.8) is 0 Å². The van der Waals surface area contributed by atoms with Gasteiger partial charge in [-0.1, -0.05) is 12.1 Å². The first-order valence-electron chi connectivity index (χ1n) is 11.1. The molecule has 0 radical (unpaired) electrons. The average Bonchev–Trinajstić information content (AvgIpc) is 2.87. The number of rotatable bonds is 8. The molecule has 0 aliphatic heterocycles. The van der Waals surface area contributed by atoms with Crippen molar-refractivity contribution in [2.24, 2.45) is 0 Å². The van der Waals surface area contributed by atoms with Crippen molar-refractivity contribution in [1.82, 2.24) is 4.57 Å². The zero-order valence-corrected chi connectivity index (χ0v) is 20.0. The number of nitrogens with zero attached hydrogens (tertiary/aromatic N) is 1. The van der Waals surface area contributed by atoms with Gasteiger partial charge in [0.2, 0.25) is 5.91 Å². The molecule has 4 aromatic rings. The van der Waals surface area contributed by atoms with Crippen molar-refractivity contribution < 1.29 is 23.0 Å². The Balaban J connectivity index is 1.65. The zero-order valence-electron chi connectivity index (χ0n) is 20.0. The topological polar surface area (TPSA) is 81.6 Å². The maximum absolute atomic E-state index is 14.0. The molecule has 0 fully saturated rings. The lowest BCUT2D eigenvalue weighted by molar-refractivity contribution is -0.116. The first kappa shape index (κ1) is 24.7. The lowest BCUT2D eigenvalue weighted by Crippen LogP contribution is -2.31. The minimum atomic E-state index is -0.773. The largest absolute Gasteiger partial charge is 0.493 e. The first-order chi connectivity index (χ1) is 17.3. The van der Waals surface area contributed by atoms with Crippen LogP contribution in [-0.2, 0) is 17.9 Å². The number of hydrogen-bond donors (Lipinski definition) is 2. The van der Waals surface area contributed by atoms with Gasteiger partial charge in [0.25, 0.3) is 5.56 Å². The van der Waals surface area contributed by atoms with Gasteiger partial charge in [-0.05, 0) is 54.3 Å². The van der Waals surface area contributed by atoms with Gasteiger partial charge in [-0.25, -0.2) is 8.78 Å². The fourth-order valence-corrected chi connectivity index (χ4v) is 3.90. The Morgan fingerprint density at radius 3 is 2.47 bits per heavy atom. The fourth-order valence-electron chi connectivity index (χ4n) is 3.90. The van der Waals surface area contributed by atoms with Crippen LogP contribution in [0, 0.1) is 18.6 Å². The summed E-state index contributed by atoms with van der Waals surface area (Å²) < 4.78 is 39.4. The molecule has 2 N–H and O–H groups in total. The van der Waals surface area contributed by atoms with E-state index >= 15 is 0 Å². The van der Waals surface area contributed by atoms with Crippen LogP contribution in [-0.4, -0.2) is 24.7 Å². The van der Waals surface area contributed by atoms with Gasteiger partial charge in [-0.3, -0.25) is 14.2 Å². The molecule has 0 saturated heterocycles. The molecule has 36 heavy (non-hydrogen) atoms. The number of hydrogen-bond acceptors (Lipinski definition) is 5. The van der Waals surface area contributed by atoms with Gasteiger partial charge in [-0.2, -0.15) is 0 Å². The van der Waals surface area contributed by atoms with Crippen molar-refractivity contribution in [2.75, 3.05) is 24.9 Å². The molecule has 9 heteroatoms. The van der Waals surface area contributed by atoms with Gasteiger partial charge < -0.3 is 20.1 Å². The number of ether oxygens (including phenoxy) is 2. The van der Waals surface area contributed by atoms with Crippen LogP contribution in [0.25, 0.3) is 10.9 Å². The highest BCUT2D eigenvalue weighted by atomic mass is 19.1. The average molecular weight is 494 g/mol. The number of aryl methyl sites for hydroxylation is 1. The number of carbonyl (C=O) groups excluding carboxylic acids is 1. The zero-order chi connectivity index (χ0) is 25.8. The molecule has 0 aliphatic carbocycles. The highest BCUT2D eigenvalue weighted by Gasteiger charge is 2.15. The molecule has 0 aliphatic rings. The number of nitrogens with one attached hydrogen (secondary N) is 2. The van der Waals surface area contributed by atoms with Gasteiger partial charge in [-0.15, -0.1) is 0 Å². The van der Waals surface area contributed by atoms with E-state index in [4.69, 9.17) is 9.47 Å². The van der Waals surface area contributed by atoms with Gasteiger partial charge >= 0.3 is 0 Å². The quantitative estimate of drug-likeness (QED) is 0.367. The number of pyridine rings is 1. The summed E-state index contributed by atoms with van der Waals surface area (Å²) in [5.41, 5.74) is 1.93. The predicted molar refractivity (Wildman–Crippen MR) is 135 cm³/mol. The smallest absolute Gasteiger partial charge is 0.256 e. The molecule has 0 atom stereocenters. The van der Waals surface area contributed by atoms with Crippen molar-refractivity contribution in [1.29, 1.82) is 0 Å². The molecule has 1 amide bonds. The molecular weight excluding hydrogens is 468 g/mol. The maximum atomic E-state index is 14.0. The summed E-state index contributed by atoms with van der Waals surface area (Å²) in [6.07, 6.45) is 0. The number of amides is 1. The predicted octanol–water partition coefficient (Wildman–Crippen LogP) is 4.86. The second-order valence-electron chi connectivity index (χ2n) is 8.22. The van der Waals surface area contributed by atoms with Crippen molar-refractivity contribution >= 4 is 28.2 Å². The van der Waals surface area contributed by atoms with E-state index in [1.807, 2.05) is 19.1 Å². The SMILES string of the molecule is COc1ccc(NCc2cc3ccc(C)cc3n(CC(=O)Nc3cc(F)ccc3F)c2=O)cc1OC. The Hall–Kier alpha value is -4.40. The Kier molecular flexibility index (Phi) is 7.19. The number of aromatic nitrogens is 1. The summed E-state index contributed by atoms with van der Waals surface area (Å²) in [6.45, 7) is 1.68. The lowest BCUT2D eigenvalue weighted by atomic mass is 10.1. The summed E-state index contributed by atoms with van der Waals surface area (Å²) in [7, 11) is 3.08. The number of methoxy groups -OCH3 is 2. The van der Waals surface area contributed by atoms with E-state index in [-0.39, 0.29) is 24.3 Å². The summed E-state index contributed by atoms with van der Waals surface area (Å²) in [5, 5.41) is 6.31. The second kappa shape index (κ2) is 10.5. The van der Waals surface area contributed by atoms with Crippen LogP contribution in [0.3, 0.4) is 0 Å². The fraction of sp³-hybridized carbons (Fsp3) is 0.185. The minimum absolute atomic E-state index is 0.179. The van der Waals surface area contributed by atoms with E-state index in [9.17, 15) is 18.4 Å². The third-order valence-electron chi connectivity index (χ3n) is 5.70. The minimum Gasteiger partial charge on any atom is -0.493 e. The van der Waals surface area contributed by atoms with Gasteiger partial charge in [0, 0.05) is 29.9 Å². The number of anilines is 2. The van der Waals surface area contributed by atoms with Crippen molar-refractivity contribution in [3.8, 4) is 11.5 Å². The van der Waals surface area contributed by atoms with Crippen LogP contribution < -0.4 is 25.7 Å².